The van der Waals surface area contributed by atoms with Crippen molar-refractivity contribution in [3.8, 4) is 0 Å². The van der Waals surface area contributed by atoms with E-state index in [-0.39, 0.29) is 0 Å². The Balaban J connectivity index is 0.000000239. The Labute approximate surface area is 211 Å². The summed E-state index contributed by atoms with van der Waals surface area (Å²) in [5.41, 5.74) is 4.55. The number of hydrogen-bond donors (Lipinski definition) is 0. The van der Waals surface area contributed by atoms with Gasteiger partial charge in [-0.1, -0.05) is 62.2 Å². The molecule has 0 bridgehead atoms. The second-order valence-corrected chi connectivity index (χ2v) is 7.64. The first-order valence-electron chi connectivity index (χ1n) is 11.5. The van der Waals surface area contributed by atoms with Crippen LogP contribution in [0.3, 0.4) is 0 Å². The first-order valence-corrected chi connectivity index (χ1v) is 11.5. The van der Waals surface area contributed by atoms with Crippen molar-refractivity contribution in [3.63, 3.8) is 0 Å². The lowest BCUT2D eigenvalue weighted by Gasteiger charge is -2.09. The third-order valence-corrected chi connectivity index (χ3v) is 4.58. The number of hydrogen-bond acceptors (Lipinski definition) is 3. The van der Waals surface area contributed by atoms with Crippen LogP contribution in [0.4, 0.5) is 0 Å². The molecular formula is C31H38N4. The fourth-order valence-corrected chi connectivity index (χ4v) is 2.70. The van der Waals surface area contributed by atoms with Crippen LogP contribution in [-0.4, -0.2) is 33.5 Å². The predicted octanol–water partition coefficient (Wildman–Crippen LogP) is 7.35. The van der Waals surface area contributed by atoms with Gasteiger partial charge in [0.15, 0.2) is 0 Å². The van der Waals surface area contributed by atoms with Crippen LogP contribution in [0.15, 0.2) is 117 Å². The van der Waals surface area contributed by atoms with Crippen LogP contribution >= 0.6 is 0 Å². The number of aryl methyl sites for hydroxylation is 1. The van der Waals surface area contributed by atoms with Gasteiger partial charge in [0.05, 0.1) is 5.69 Å². The summed E-state index contributed by atoms with van der Waals surface area (Å²) in [5, 5.41) is 0. The van der Waals surface area contributed by atoms with Crippen LogP contribution in [0.2, 0.25) is 0 Å². The Morgan fingerprint density at radius 2 is 1.34 bits per heavy atom. The van der Waals surface area contributed by atoms with Crippen molar-refractivity contribution in [3.05, 3.63) is 140 Å². The van der Waals surface area contributed by atoms with Gasteiger partial charge in [0.25, 0.3) is 0 Å². The monoisotopic (exact) mass is 466 g/mol. The minimum atomic E-state index is 0.924. The van der Waals surface area contributed by atoms with Crippen LogP contribution in [0.1, 0.15) is 29.3 Å². The maximum Gasteiger partial charge on any atom is 0.0623 e. The Morgan fingerprint density at radius 3 is 1.71 bits per heavy atom. The molecule has 0 fully saturated rings. The van der Waals surface area contributed by atoms with Crippen LogP contribution < -0.4 is 0 Å². The van der Waals surface area contributed by atoms with E-state index < -0.39 is 0 Å². The van der Waals surface area contributed by atoms with Gasteiger partial charge in [0.1, 0.15) is 0 Å². The number of benzene rings is 1. The van der Waals surface area contributed by atoms with Gasteiger partial charge >= 0.3 is 0 Å². The Morgan fingerprint density at radius 1 is 0.743 bits per heavy atom. The summed E-state index contributed by atoms with van der Waals surface area (Å²) in [6.45, 7) is 15.1. The van der Waals surface area contributed by atoms with Gasteiger partial charge in [0, 0.05) is 44.1 Å². The van der Waals surface area contributed by atoms with E-state index in [1.165, 1.54) is 11.1 Å². The van der Waals surface area contributed by atoms with Crippen molar-refractivity contribution >= 4 is 18.2 Å². The summed E-state index contributed by atoms with van der Waals surface area (Å²) in [4.78, 5) is 9.98. The molecular weight excluding hydrogens is 428 g/mol. The fourth-order valence-electron chi connectivity index (χ4n) is 2.70. The highest BCUT2D eigenvalue weighted by Crippen LogP contribution is 2.06. The number of aromatic nitrogens is 3. The van der Waals surface area contributed by atoms with Crippen molar-refractivity contribution < 1.29 is 0 Å². The minimum Gasteiger partial charge on any atom is -0.355 e. The molecule has 3 heterocycles. The molecule has 4 heteroatoms. The molecule has 1 aromatic carbocycles. The molecule has 0 N–H and O–H groups in total. The highest BCUT2D eigenvalue weighted by atomic mass is 15.0. The normalized spacial score (nSPS) is 9.26. The third kappa shape index (κ3) is 14.0. The first-order chi connectivity index (χ1) is 17.0. The number of pyridine rings is 2. The Hall–Kier alpha value is -4.02. The average molecular weight is 467 g/mol. The molecule has 0 aliphatic heterocycles. The van der Waals surface area contributed by atoms with E-state index in [1.807, 2.05) is 48.5 Å². The van der Waals surface area contributed by atoms with E-state index in [0.29, 0.717) is 0 Å². The van der Waals surface area contributed by atoms with Crippen LogP contribution in [0.5, 0.6) is 0 Å². The van der Waals surface area contributed by atoms with E-state index in [9.17, 15) is 0 Å². The molecule has 0 unspecified atom stereocenters. The van der Waals surface area contributed by atoms with Gasteiger partial charge in [-0.25, -0.2) is 0 Å². The lowest BCUT2D eigenvalue weighted by Crippen LogP contribution is -2.10. The summed E-state index contributed by atoms with van der Waals surface area (Å²) in [7, 11) is 4.14. The van der Waals surface area contributed by atoms with Crippen LogP contribution in [-0.2, 0) is 13.1 Å². The van der Waals surface area contributed by atoms with E-state index in [2.05, 4.69) is 96.9 Å². The van der Waals surface area contributed by atoms with Crippen LogP contribution in [0.25, 0.3) is 18.2 Å². The average Bonchev–Trinajstić information content (AvgIpc) is 3.45. The molecule has 4 rings (SSSR count). The molecule has 0 atom stereocenters. The molecule has 0 saturated heterocycles. The van der Waals surface area contributed by atoms with E-state index in [1.54, 1.807) is 30.7 Å². The maximum absolute atomic E-state index is 3.98. The highest BCUT2D eigenvalue weighted by molar-refractivity contribution is 5.47. The largest absolute Gasteiger partial charge is 0.355 e. The first kappa shape index (κ1) is 29.0. The summed E-state index contributed by atoms with van der Waals surface area (Å²) >= 11 is 0. The lowest BCUT2D eigenvalue weighted by molar-refractivity contribution is 0.402. The number of rotatable bonds is 6. The van der Waals surface area contributed by atoms with Gasteiger partial charge in [-0.15, -0.1) is 0 Å². The van der Waals surface area contributed by atoms with E-state index in [4.69, 9.17) is 0 Å². The predicted molar refractivity (Wildman–Crippen MR) is 153 cm³/mol. The topological polar surface area (TPSA) is 34.0 Å². The van der Waals surface area contributed by atoms with Crippen molar-refractivity contribution in [2.75, 3.05) is 14.1 Å². The number of nitrogens with zero attached hydrogens (tertiary/aromatic N) is 4. The molecule has 35 heavy (non-hydrogen) atoms. The van der Waals surface area contributed by atoms with Crippen molar-refractivity contribution in [2.24, 2.45) is 0 Å². The van der Waals surface area contributed by atoms with Gasteiger partial charge < -0.3 is 9.47 Å². The maximum atomic E-state index is 3.98. The molecule has 0 saturated carbocycles. The molecule has 0 amide bonds. The molecule has 0 spiro atoms. The summed E-state index contributed by atoms with van der Waals surface area (Å²) < 4.78 is 2.12. The summed E-state index contributed by atoms with van der Waals surface area (Å²) in [5.74, 6) is 0. The SMILES string of the molecule is C=Cc1ccc(CN(C)C)cc1.C=Cc1ccccn1.C=Cc1ccncc1.CCn1cccc1. The second kappa shape index (κ2) is 18.4. The second-order valence-electron chi connectivity index (χ2n) is 7.64. The van der Waals surface area contributed by atoms with Crippen molar-refractivity contribution in [2.45, 2.75) is 20.0 Å². The molecule has 0 aliphatic rings. The molecule has 182 valence electrons. The minimum absolute atomic E-state index is 0.924. The molecule has 3 aromatic heterocycles. The van der Waals surface area contributed by atoms with Gasteiger partial charge in [-0.3, -0.25) is 9.97 Å². The Bertz CT molecular complexity index is 1010. The van der Waals surface area contributed by atoms with E-state index in [0.717, 1.165) is 24.3 Å². The molecule has 4 nitrogen and oxygen atoms in total. The van der Waals surface area contributed by atoms with Crippen molar-refractivity contribution in [1.82, 2.24) is 19.4 Å². The summed E-state index contributed by atoms with van der Waals surface area (Å²) in [6.07, 6.45) is 14.7. The molecule has 0 radical (unpaired) electrons. The van der Waals surface area contributed by atoms with Crippen LogP contribution in [0, 0.1) is 0 Å². The lowest BCUT2D eigenvalue weighted by atomic mass is 10.1. The van der Waals surface area contributed by atoms with E-state index >= 15 is 0 Å². The smallest absolute Gasteiger partial charge is 0.0623 e. The standard InChI is InChI=1S/C11H15N.2C7H7N.C6H9N/c1-4-10-5-7-11(8-6-10)9-12(2)3;1-2-7-3-5-8-6-4-7;1-2-7-5-3-4-6-8-7;1-2-7-5-3-4-6-7/h4-8H,1,9H2,2-3H3;2*2-6H,1H2;3-6H,2H2,1H3. The third-order valence-electron chi connectivity index (χ3n) is 4.58. The van der Waals surface area contributed by atoms with Crippen molar-refractivity contribution in [1.29, 1.82) is 0 Å². The van der Waals surface area contributed by atoms with Gasteiger partial charge in [-0.05, 0) is 80.2 Å². The molecule has 4 aromatic rings. The summed E-state index contributed by atoms with van der Waals surface area (Å²) in [6, 6.07) is 22.1. The van der Waals surface area contributed by atoms with Gasteiger partial charge in [-0.2, -0.15) is 0 Å². The Kier molecular flexibility index (Phi) is 15.3. The zero-order valence-electron chi connectivity index (χ0n) is 21.3. The van der Waals surface area contributed by atoms with Gasteiger partial charge in [0.2, 0.25) is 0 Å². The highest BCUT2D eigenvalue weighted by Gasteiger charge is 1.93. The zero-order valence-corrected chi connectivity index (χ0v) is 21.3. The zero-order chi connectivity index (χ0) is 25.7. The fraction of sp³-hybridized carbons (Fsp3) is 0.161. The quantitative estimate of drug-likeness (QED) is 0.298. The molecule has 0 aliphatic carbocycles.